The van der Waals surface area contributed by atoms with Crippen molar-refractivity contribution < 1.29 is 4.79 Å². The van der Waals surface area contributed by atoms with Crippen LogP contribution in [0.1, 0.15) is 20.8 Å². The fourth-order valence-corrected chi connectivity index (χ4v) is 2.17. The van der Waals surface area contributed by atoms with E-state index in [2.05, 4.69) is 16.0 Å². The van der Waals surface area contributed by atoms with Gasteiger partial charge in [-0.25, -0.2) is 0 Å². The first-order valence-electron chi connectivity index (χ1n) is 6.60. The van der Waals surface area contributed by atoms with Crippen LogP contribution >= 0.6 is 58.6 Å². The summed E-state index contributed by atoms with van der Waals surface area (Å²) < 4.78 is -1.79. The average Bonchev–Trinajstić information content (AvgIpc) is 2.35. The molecule has 0 fully saturated rings. The van der Waals surface area contributed by atoms with Crippen molar-refractivity contribution in [2.24, 2.45) is 5.41 Å². The number of rotatable bonds is 3. The Hall–Kier alpha value is -0.460. The van der Waals surface area contributed by atoms with Crippen molar-refractivity contribution in [1.82, 2.24) is 10.6 Å². The van der Waals surface area contributed by atoms with Gasteiger partial charge in [0.05, 0.1) is 0 Å². The molecule has 1 aromatic carbocycles. The van der Waals surface area contributed by atoms with Crippen molar-refractivity contribution in [2.75, 3.05) is 5.32 Å². The van der Waals surface area contributed by atoms with E-state index >= 15 is 0 Å². The first-order valence-corrected chi connectivity index (χ1v) is 8.52. The highest BCUT2D eigenvalue weighted by molar-refractivity contribution is 7.80. The minimum absolute atomic E-state index is 0.179. The molecule has 0 radical (unpaired) electrons. The molecule has 0 aliphatic rings. The topological polar surface area (TPSA) is 53.2 Å². The number of carbonyl (C=O) groups is 1. The van der Waals surface area contributed by atoms with E-state index in [0.717, 1.165) is 0 Å². The molecule has 9 heteroatoms. The van der Waals surface area contributed by atoms with Crippen LogP contribution in [-0.2, 0) is 4.79 Å². The van der Waals surface area contributed by atoms with Gasteiger partial charge in [0, 0.05) is 16.1 Å². The molecule has 4 nitrogen and oxygen atoms in total. The van der Waals surface area contributed by atoms with Crippen molar-refractivity contribution in [3.05, 3.63) is 29.3 Å². The molecule has 3 N–H and O–H groups in total. The standard InChI is InChI=1S/C14H17Cl4N3OS/c1-13(2,3)11(22)20-10(14(16,17)18)21-12(23)19-9-6-4-5-8(15)7-9/h4-7,10H,1-3H3,(H,20,22)(H2,19,21,23). The Labute approximate surface area is 161 Å². The van der Waals surface area contributed by atoms with E-state index < -0.39 is 15.4 Å². The van der Waals surface area contributed by atoms with Crippen molar-refractivity contribution in [2.45, 2.75) is 30.7 Å². The number of hydrogen-bond acceptors (Lipinski definition) is 2. The number of nitrogens with one attached hydrogen (secondary N) is 3. The first-order chi connectivity index (χ1) is 10.4. The molecule has 0 saturated heterocycles. The van der Waals surface area contributed by atoms with E-state index in [1.165, 1.54) is 0 Å². The summed E-state index contributed by atoms with van der Waals surface area (Å²) in [7, 11) is 0. The predicted molar refractivity (Wildman–Crippen MR) is 102 cm³/mol. The van der Waals surface area contributed by atoms with E-state index in [1.54, 1.807) is 45.0 Å². The Morgan fingerprint density at radius 2 is 1.78 bits per heavy atom. The molecule has 0 aliphatic carbocycles. The summed E-state index contributed by atoms with van der Waals surface area (Å²) >= 11 is 28.8. The van der Waals surface area contributed by atoms with E-state index in [1.807, 2.05) is 0 Å². The summed E-state index contributed by atoms with van der Waals surface area (Å²) in [6.45, 7) is 5.25. The van der Waals surface area contributed by atoms with Crippen LogP contribution < -0.4 is 16.0 Å². The second-order valence-corrected chi connectivity index (χ2v) is 9.02. The van der Waals surface area contributed by atoms with Crippen molar-refractivity contribution in [3.8, 4) is 0 Å². The van der Waals surface area contributed by atoms with Gasteiger partial charge in [0.1, 0.15) is 6.17 Å². The maximum atomic E-state index is 12.1. The third-order valence-electron chi connectivity index (χ3n) is 2.64. The summed E-state index contributed by atoms with van der Waals surface area (Å²) in [5.74, 6) is -0.285. The number of carbonyl (C=O) groups excluding carboxylic acids is 1. The van der Waals surface area contributed by atoms with Gasteiger partial charge in [-0.1, -0.05) is 73.2 Å². The lowest BCUT2D eigenvalue weighted by atomic mass is 9.95. The zero-order chi connectivity index (χ0) is 17.8. The quantitative estimate of drug-likeness (QED) is 0.386. The number of amides is 1. The van der Waals surface area contributed by atoms with Crippen LogP contribution in [0.4, 0.5) is 5.69 Å². The number of halogens is 4. The molecule has 0 saturated carbocycles. The minimum atomic E-state index is -1.79. The van der Waals surface area contributed by atoms with Crippen LogP contribution in [0, 0.1) is 5.41 Å². The minimum Gasteiger partial charge on any atom is -0.339 e. The highest BCUT2D eigenvalue weighted by atomic mass is 35.6. The number of thiocarbonyl (C=S) groups is 1. The number of benzene rings is 1. The lowest BCUT2D eigenvalue weighted by Crippen LogP contribution is -2.58. The van der Waals surface area contributed by atoms with E-state index in [0.29, 0.717) is 10.7 Å². The number of alkyl halides is 3. The molecule has 1 unspecified atom stereocenters. The summed E-state index contributed by atoms with van der Waals surface area (Å²) in [4.78, 5) is 12.1. The number of anilines is 1. The largest absolute Gasteiger partial charge is 0.339 e. The highest BCUT2D eigenvalue weighted by Gasteiger charge is 2.36. The monoisotopic (exact) mass is 415 g/mol. The summed E-state index contributed by atoms with van der Waals surface area (Å²) in [5.41, 5.74) is 0.0258. The molecular weight excluding hydrogens is 400 g/mol. The van der Waals surface area contributed by atoms with Gasteiger partial charge in [-0.2, -0.15) is 0 Å². The van der Waals surface area contributed by atoms with Gasteiger partial charge in [0.15, 0.2) is 5.11 Å². The molecule has 0 heterocycles. The summed E-state index contributed by atoms with van der Waals surface area (Å²) in [6, 6.07) is 6.96. The smallest absolute Gasteiger partial charge is 0.228 e. The fourth-order valence-electron chi connectivity index (χ4n) is 1.41. The van der Waals surface area contributed by atoms with Crippen LogP contribution in [0.15, 0.2) is 24.3 Å². The fraction of sp³-hybridized carbons (Fsp3) is 0.429. The van der Waals surface area contributed by atoms with Crippen LogP contribution in [0.3, 0.4) is 0 Å². The second-order valence-electron chi connectivity index (χ2n) is 5.81. The van der Waals surface area contributed by atoms with Crippen LogP contribution in [0.25, 0.3) is 0 Å². The molecule has 0 aliphatic heterocycles. The average molecular weight is 417 g/mol. The Morgan fingerprint density at radius 1 is 1.17 bits per heavy atom. The van der Waals surface area contributed by atoms with Gasteiger partial charge < -0.3 is 16.0 Å². The molecule has 0 aromatic heterocycles. The maximum absolute atomic E-state index is 12.1. The molecule has 0 bridgehead atoms. The van der Waals surface area contributed by atoms with Crippen LogP contribution in [-0.4, -0.2) is 21.0 Å². The zero-order valence-corrected chi connectivity index (χ0v) is 16.6. The van der Waals surface area contributed by atoms with E-state index in [-0.39, 0.29) is 11.0 Å². The van der Waals surface area contributed by atoms with E-state index in [9.17, 15) is 4.79 Å². The molecule has 1 rings (SSSR count). The maximum Gasteiger partial charge on any atom is 0.228 e. The Bertz CT molecular complexity index is 584. The van der Waals surface area contributed by atoms with E-state index in [4.69, 9.17) is 58.6 Å². The normalized spacial score (nSPS) is 13.2. The predicted octanol–water partition coefficient (Wildman–Crippen LogP) is 4.49. The van der Waals surface area contributed by atoms with Crippen molar-refractivity contribution >= 4 is 75.3 Å². The third-order valence-corrected chi connectivity index (χ3v) is 3.75. The molecule has 1 aromatic rings. The first kappa shape index (κ1) is 20.6. The summed E-state index contributed by atoms with van der Waals surface area (Å²) in [6.07, 6.45) is -1.00. The molecular formula is C14H17Cl4N3OS. The van der Waals surface area contributed by atoms with Gasteiger partial charge in [-0.15, -0.1) is 0 Å². The van der Waals surface area contributed by atoms with Crippen LogP contribution in [0.5, 0.6) is 0 Å². The third kappa shape index (κ3) is 7.31. The van der Waals surface area contributed by atoms with Gasteiger partial charge in [0.25, 0.3) is 0 Å². The zero-order valence-electron chi connectivity index (χ0n) is 12.7. The highest BCUT2D eigenvalue weighted by Crippen LogP contribution is 2.30. The Kier molecular flexibility index (Phi) is 7.23. The SMILES string of the molecule is CC(C)(C)C(=O)NC(NC(=S)Nc1cccc(Cl)c1)C(Cl)(Cl)Cl. The van der Waals surface area contributed by atoms with Gasteiger partial charge in [0.2, 0.25) is 9.70 Å². The van der Waals surface area contributed by atoms with Crippen LogP contribution in [0.2, 0.25) is 5.02 Å². The van der Waals surface area contributed by atoms with Gasteiger partial charge >= 0.3 is 0 Å². The lowest BCUT2D eigenvalue weighted by molar-refractivity contribution is -0.129. The Morgan fingerprint density at radius 3 is 2.26 bits per heavy atom. The van der Waals surface area contributed by atoms with Crippen molar-refractivity contribution in [3.63, 3.8) is 0 Å². The molecule has 0 spiro atoms. The lowest BCUT2D eigenvalue weighted by Gasteiger charge is -2.30. The summed E-state index contributed by atoms with van der Waals surface area (Å²) in [5, 5.41) is 9.04. The molecule has 128 valence electrons. The van der Waals surface area contributed by atoms with Gasteiger partial charge in [-0.05, 0) is 30.4 Å². The molecule has 1 atom stereocenters. The van der Waals surface area contributed by atoms with Crippen molar-refractivity contribution in [1.29, 1.82) is 0 Å². The van der Waals surface area contributed by atoms with Gasteiger partial charge in [-0.3, -0.25) is 4.79 Å². The Balaban J connectivity index is 2.78. The second kappa shape index (κ2) is 8.08. The number of hydrogen-bond donors (Lipinski definition) is 3. The molecule has 1 amide bonds. The molecule has 23 heavy (non-hydrogen) atoms.